The number of nitrogens with zero attached hydrogens (tertiary/aromatic N) is 2. The van der Waals surface area contributed by atoms with Crippen molar-refractivity contribution in [3.63, 3.8) is 0 Å². The highest BCUT2D eigenvalue weighted by Gasteiger charge is 2.09. The molecule has 1 N–H and O–H groups in total. The molecule has 0 amide bonds. The van der Waals surface area contributed by atoms with Crippen molar-refractivity contribution in [2.75, 3.05) is 5.32 Å². The van der Waals surface area contributed by atoms with E-state index in [0.29, 0.717) is 6.04 Å². The summed E-state index contributed by atoms with van der Waals surface area (Å²) in [5, 5.41) is 3.51. The van der Waals surface area contributed by atoms with Crippen molar-refractivity contribution in [1.82, 2.24) is 9.55 Å². The molecule has 0 aromatic carbocycles. The van der Waals surface area contributed by atoms with E-state index < -0.39 is 0 Å². The van der Waals surface area contributed by atoms with E-state index in [1.807, 2.05) is 13.0 Å². The van der Waals surface area contributed by atoms with Gasteiger partial charge in [-0.2, -0.15) is 0 Å². The summed E-state index contributed by atoms with van der Waals surface area (Å²) < 4.78 is 2.11. The van der Waals surface area contributed by atoms with Crippen molar-refractivity contribution < 1.29 is 0 Å². The fourth-order valence-electron chi connectivity index (χ4n) is 1.85. The summed E-state index contributed by atoms with van der Waals surface area (Å²) in [5.41, 5.74) is 1.05. The zero-order valence-corrected chi connectivity index (χ0v) is 10.7. The average Bonchev–Trinajstić information content (AvgIpc) is 2.59. The zero-order chi connectivity index (χ0) is 12.0. The van der Waals surface area contributed by atoms with Crippen molar-refractivity contribution in [2.24, 2.45) is 0 Å². The molecular weight excluding hydrogens is 198 g/mol. The molecule has 0 fully saturated rings. The molecule has 0 radical (unpaired) electrons. The number of hydrogen-bond acceptors (Lipinski definition) is 2. The van der Waals surface area contributed by atoms with Gasteiger partial charge in [0.15, 0.2) is 0 Å². The van der Waals surface area contributed by atoms with Gasteiger partial charge in [-0.05, 0) is 19.8 Å². The van der Waals surface area contributed by atoms with Gasteiger partial charge in [-0.3, -0.25) is 0 Å². The Labute approximate surface area is 98.6 Å². The lowest BCUT2D eigenvalue weighted by atomic mass is 10.1. The Morgan fingerprint density at radius 2 is 2.31 bits per heavy atom. The largest absolute Gasteiger partial charge is 0.353 e. The van der Waals surface area contributed by atoms with E-state index in [-0.39, 0.29) is 0 Å². The summed E-state index contributed by atoms with van der Waals surface area (Å²) in [4.78, 5) is 4.50. The molecule has 0 saturated carbocycles. The molecule has 1 rings (SSSR count). The Kier molecular flexibility index (Phi) is 5.09. The van der Waals surface area contributed by atoms with Gasteiger partial charge >= 0.3 is 0 Å². The molecule has 1 aromatic heterocycles. The van der Waals surface area contributed by atoms with Crippen LogP contribution in [-0.4, -0.2) is 15.6 Å². The van der Waals surface area contributed by atoms with Gasteiger partial charge < -0.3 is 9.88 Å². The minimum atomic E-state index is 0.523. The van der Waals surface area contributed by atoms with Crippen LogP contribution in [0.2, 0.25) is 0 Å². The van der Waals surface area contributed by atoms with E-state index >= 15 is 0 Å². The molecule has 0 saturated heterocycles. The second kappa shape index (κ2) is 6.36. The van der Waals surface area contributed by atoms with Crippen molar-refractivity contribution >= 4 is 5.95 Å². The van der Waals surface area contributed by atoms with Gasteiger partial charge in [0.05, 0.1) is 5.69 Å². The van der Waals surface area contributed by atoms with Crippen molar-refractivity contribution in [2.45, 2.75) is 52.6 Å². The molecule has 1 heterocycles. The van der Waals surface area contributed by atoms with Crippen LogP contribution in [0.4, 0.5) is 5.95 Å². The number of nitrogens with one attached hydrogen (secondary N) is 1. The number of aromatic nitrogens is 2. The van der Waals surface area contributed by atoms with Gasteiger partial charge in [0.1, 0.15) is 0 Å². The highest BCUT2D eigenvalue weighted by molar-refractivity contribution is 5.30. The van der Waals surface area contributed by atoms with E-state index in [1.54, 1.807) is 0 Å². The molecule has 16 heavy (non-hydrogen) atoms. The van der Waals surface area contributed by atoms with Crippen LogP contribution in [-0.2, 0) is 6.54 Å². The standard InChI is InChI=1S/C13H23N3/c1-5-8-12(7-3)15-13-14-11(4)10-16(13)9-6-2/h6,10,12H,2,5,7-9H2,1,3-4H3,(H,14,15). The smallest absolute Gasteiger partial charge is 0.203 e. The zero-order valence-electron chi connectivity index (χ0n) is 10.7. The first-order valence-electron chi connectivity index (χ1n) is 6.12. The molecule has 1 atom stereocenters. The predicted molar refractivity (Wildman–Crippen MR) is 69.8 cm³/mol. The second-order valence-electron chi connectivity index (χ2n) is 4.19. The maximum atomic E-state index is 4.50. The van der Waals surface area contributed by atoms with Crippen molar-refractivity contribution in [3.8, 4) is 0 Å². The van der Waals surface area contributed by atoms with E-state index in [1.165, 1.54) is 12.8 Å². The Hall–Kier alpha value is -1.25. The number of rotatable bonds is 7. The number of anilines is 1. The monoisotopic (exact) mass is 221 g/mol. The Morgan fingerprint density at radius 1 is 1.56 bits per heavy atom. The van der Waals surface area contributed by atoms with Gasteiger partial charge in [-0.15, -0.1) is 6.58 Å². The Balaban J connectivity index is 2.73. The van der Waals surface area contributed by atoms with Gasteiger partial charge in [0.25, 0.3) is 0 Å². The average molecular weight is 221 g/mol. The van der Waals surface area contributed by atoms with Gasteiger partial charge in [0, 0.05) is 18.8 Å². The third kappa shape index (κ3) is 3.40. The summed E-state index contributed by atoms with van der Waals surface area (Å²) >= 11 is 0. The molecule has 3 nitrogen and oxygen atoms in total. The maximum Gasteiger partial charge on any atom is 0.203 e. The summed E-state index contributed by atoms with van der Waals surface area (Å²) in [6, 6.07) is 0.523. The van der Waals surface area contributed by atoms with E-state index in [2.05, 4.69) is 41.5 Å². The fraction of sp³-hybridized carbons (Fsp3) is 0.615. The normalized spacial score (nSPS) is 12.4. The number of aryl methyl sites for hydroxylation is 1. The molecule has 1 unspecified atom stereocenters. The summed E-state index contributed by atoms with van der Waals surface area (Å²) in [6.07, 6.45) is 7.48. The number of allylic oxidation sites excluding steroid dienone is 1. The van der Waals surface area contributed by atoms with Crippen LogP contribution in [0, 0.1) is 6.92 Å². The molecular formula is C13H23N3. The first-order valence-corrected chi connectivity index (χ1v) is 6.12. The molecule has 90 valence electrons. The van der Waals surface area contributed by atoms with Crippen LogP contribution in [0.5, 0.6) is 0 Å². The van der Waals surface area contributed by atoms with Crippen LogP contribution < -0.4 is 5.32 Å². The fourth-order valence-corrected chi connectivity index (χ4v) is 1.85. The second-order valence-corrected chi connectivity index (χ2v) is 4.19. The molecule has 3 heteroatoms. The van der Waals surface area contributed by atoms with Crippen LogP contribution >= 0.6 is 0 Å². The summed E-state index contributed by atoms with van der Waals surface area (Å²) in [5.74, 6) is 0.970. The number of imidazole rings is 1. The van der Waals surface area contributed by atoms with Crippen LogP contribution in [0.1, 0.15) is 38.8 Å². The topological polar surface area (TPSA) is 29.9 Å². The molecule has 0 aliphatic heterocycles. The Bertz CT molecular complexity index is 328. The Morgan fingerprint density at radius 3 is 2.88 bits per heavy atom. The van der Waals surface area contributed by atoms with Gasteiger partial charge in [-0.1, -0.05) is 26.3 Å². The molecule has 0 spiro atoms. The number of hydrogen-bond donors (Lipinski definition) is 1. The quantitative estimate of drug-likeness (QED) is 0.715. The van der Waals surface area contributed by atoms with Crippen molar-refractivity contribution in [3.05, 3.63) is 24.5 Å². The molecule has 0 aliphatic carbocycles. The lowest BCUT2D eigenvalue weighted by Gasteiger charge is -2.17. The van der Waals surface area contributed by atoms with Gasteiger partial charge in [-0.25, -0.2) is 4.98 Å². The minimum absolute atomic E-state index is 0.523. The van der Waals surface area contributed by atoms with Crippen LogP contribution in [0.15, 0.2) is 18.9 Å². The molecule has 0 bridgehead atoms. The van der Waals surface area contributed by atoms with Gasteiger partial charge in [0.2, 0.25) is 5.95 Å². The third-order valence-corrected chi connectivity index (χ3v) is 2.69. The first-order chi connectivity index (χ1) is 7.71. The molecule has 0 aliphatic rings. The van der Waals surface area contributed by atoms with E-state index in [0.717, 1.165) is 24.6 Å². The SMILES string of the molecule is C=CCn1cc(C)nc1NC(CC)CCC. The highest BCUT2D eigenvalue weighted by atomic mass is 15.2. The highest BCUT2D eigenvalue weighted by Crippen LogP contribution is 2.13. The van der Waals surface area contributed by atoms with E-state index in [4.69, 9.17) is 0 Å². The third-order valence-electron chi connectivity index (χ3n) is 2.69. The lowest BCUT2D eigenvalue weighted by molar-refractivity contribution is 0.611. The minimum Gasteiger partial charge on any atom is -0.353 e. The lowest BCUT2D eigenvalue weighted by Crippen LogP contribution is -2.20. The van der Waals surface area contributed by atoms with Crippen LogP contribution in [0.25, 0.3) is 0 Å². The first kappa shape index (κ1) is 12.8. The maximum absolute atomic E-state index is 4.50. The predicted octanol–water partition coefficient (Wildman–Crippen LogP) is 3.37. The van der Waals surface area contributed by atoms with Crippen LogP contribution in [0.3, 0.4) is 0 Å². The summed E-state index contributed by atoms with van der Waals surface area (Å²) in [7, 11) is 0. The van der Waals surface area contributed by atoms with Crippen molar-refractivity contribution in [1.29, 1.82) is 0 Å². The molecule has 1 aromatic rings. The van der Waals surface area contributed by atoms with E-state index in [9.17, 15) is 0 Å². The summed E-state index contributed by atoms with van der Waals surface area (Å²) in [6.45, 7) is 11.0.